The highest BCUT2D eigenvalue weighted by Gasteiger charge is 2.47. The van der Waals surface area contributed by atoms with E-state index in [0.717, 1.165) is 6.42 Å². The van der Waals surface area contributed by atoms with Gasteiger partial charge in [-0.05, 0) is 45.3 Å². The lowest BCUT2D eigenvalue weighted by Gasteiger charge is -2.36. The van der Waals surface area contributed by atoms with E-state index in [1.54, 1.807) is 27.8 Å². The molecule has 33 heavy (non-hydrogen) atoms. The van der Waals surface area contributed by atoms with Crippen LogP contribution in [0.3, 0.4) is 0 Å². The van der Waals surface area contributed by atoms with Crippen LogP contribution in [0.1, 0.15) is 58.3 Å². The molecule has 0 aromatic carbocycles. The monoisotopic (exact) mass is 495 g/mol. The molecule has 2 heterocycles. The molecular weight excluding hydrogens is 462 g/mol. The summed E-state index contributed by atoms with van der Waals surface area (Å²) in [6.07, 6.45) is 1.64. The molecule has 0 radical (unpaired) electrons. The van der Waals surface area contributed by atoms with Gasteiger partial charge in [-0.2, -0.15) is 9.61 Å². The molecule has 1 saturated carbocycles. The SMILES string of the molecule is CN(C(=O)OC(C)(C)C)c1cc(Cl)nc2c(C(=O)N[C@@H]3CC3O[Si](C)(C)C(C)(C)C)cnn12. The second-order valence-electron chi connectivity index (χ2n) is 11.0. The van der Waals surface area contributed by atoms with Gasteiger partial charge in [0.1, 0.15) is 22.1 Å². The van der Waals surface area contributed by atoms with Crippen LogP contribution in [-0.2, 0) is 9.16 Å². The highest BCUT2D eigenvalue weighted by atomic mass is 35.5. The van der Waals surface area contributed by atoms with Gasteiger partial charge in [0, 0.05) is 13.1 Å². The molecule has 2 atom stereocenters. The van der Waals surface area contributed by atoms with E-state index in [1.807, 2.05) is 0 Å². The summed E-state index contributed by atoms with van der Waals surface area (Å²) in [5.74, 6) is 0.0285. The first-order chi connectivity index (χ1) is 15.0. The number of fused-ring (bicyclic) bond motifs is 1. The van der Waals surface area contributed by atoms with Crippen LogP contribution < -0.4 is 10.2 Å². The summed E-state index contributed by atoms with van der Waals surface area (Å²) in [5, 5.41) is 7.52. The van der Waals surface area contributed by atoms with Crippen LogP contribution in [0.2, 0.25) is 23.3 Å². The standard InChI is InChI=1S/C22H34ClN5O4Si/c1-21(2,3)31-20(30)27(7)17-11-16(23)26-18-13(12-24-28(17)18)19(29)25-14-10-15(14)32-33(8,9)22(4,5)6/h11-12,14-15H,10H2,1-9H3,(H,25,29)/t14-,15?/m1/s1. The summed E-state index contributed by atoms with van der Waals surface area (Å²) in [4.78, 5) is 31.1. The molecule has 1 unspecified atom stereocenters. The summed E-state index contributed by atoms with van der Waals surface area (Å²) >= 11 is 6.22. The molecule has 2 aromatic rings. The number of halogens is 1. The number of anilines is 1. The van der Waals surface area contributed by atoms with Crippen LogP contribution in [0.5, 0.6) is 0 Å². The topological polar surface area (TPSA) is 98.1 Å². The average Bonchev–Trinajstić information content (AvgIpc) is 3.20. The van der Waals surface area contributed by atoms with Crippen molar-refractivity contribution in [1.82, 2.24) is 19.9 Å². The van der Waals surface area contributed by atoms with E-state index in [4.69, 9.17) is 20.8 Å². The number of nitrogens with one attached hydrogen (secondary N) is 1. The molecule has 3 rings (SSSR count). The highest BCUT2D eigenvalue weighted by molar-refractivity contribution is 6.74. The molecule has 2 amide bonds. The van der Waals surface area contributed by atoms with Gasteiger partial charge in [-0.1, -0.05) is 32.4 Å². The van der Waals surface area contributed by atoms with Crippen molar-refractivity contribution in [3.8, 4) is 0 Å². The summed E-state index contributed by atoms with van der Waals surface area (Å²) < 4.78 is 13.2. The first-order valence-corrected chi connectivity index (χ1v) is 14.3. The average molecular weight is 496 g/mol. The predicted molar refractivity (Wildman–Crippen MR) is 131 cm³/mol. The smallest absolute Gasteiger partial charge is 0.415 e. The zero-order valence-corrected chi connectivity index (χ0v) is 22.6. The highest BCUT2D eigenvalue weighted by Crippen LogP contribution is 2.41. The Labute approximate surface area is 200 Å². The Morgan fingerprint density at radius 3 is 2.45 bits per heavy atom. The Morgan fingerprint density at radius 1 is 1.24 bits per heavy atom. The molecule has 0 saturated heterocycles. The fourth-order valence-corrected chi connectivity index (χ4v) is 4.55. The summed E-state index contributed by atoms with van der Waals surface area (Å²) in [5.41, 5.74) is -0.133. The lowest BCUT2D eigenvalue weighted by Crippen LogP contribution is -2.42. The normalized spacial score (nSPS) is 18.8. The largest absolute Gasteiger partial charge is 0.443 e. The lowest BCUT2D eigenvalue weighted by molar-refractivity contribution is 0.0587. The quantitative estimate of drug-likeness (QED) is 0.479. The van der Waals surface area contributed by atoms with Gasteiger partial charge in [-0.15, -0.1) is 0 Å². The molecule has 1 N–H and O–H groups in total. The second kappa shape index (κ2) is 8.55. The van der Waals surface area contributed by atoms with Crippen molar-refractivity contribution in [2.24, 2.45) is 0 Å². The van der Waals surface area contributed by atoms with Crippen LogP contribution in [0.15, 0.2) is 12.3 Å². The third kappa shape index (κ3) is 5.67. The predicted octanol–water partition coefficient (Wildman–Crippen LogP) is 4.65. The van der Waals surface area contributed by atoms with Crippen molar-refractivity contribution >= 4 is 43.4 Å². The van der Waals surface area contributed by atoms with Gasteiger partial charge >= 0.3 is 6.09 Å². The minimum atomic E-state index is -1.91. The minimum Gasteiger partial charge on any atom is -0.443 e. The van der Waals surface area contributed by atoms with Gasteiger partial charge in [0.15, 0.2) is 14.0 Å². The number of ether oxygens (including phenoxy) is 1. The Bertz CT molecular complexity index is 1070. The Balaban J connectivity index is 1.78. The number of amides is 2. The van der Waals surface area contributed by atoms with Gasteiger partial charge in [0.2, 0.25) is 0 Å². The third-order valence-electron chi connectivity index (χ3n) is 5.98. The van der Waals surface area contributed by atoms with Gasteiger partial charge in [0.05, 0.1) is 18.3 Å². The van der Waals surface area contributed by atoms with Crippen molar-refractivity contribution in [1.29, 1.82) is 0 Å². The number of aromatic nitrogens is 3. The summed E-state index contributed by atoms with van der Waals surface area (Å²) in [6, 6.07) is 1.45. The third-order valence-corrected chi connectivity index (χ3v) is 10.7. The number of hydrogen-bond donors (Lipinski definition) is 1. The first-order valence-electron chi connectivity index (χ1n) is 11.0. The van der Waals surface area contributed by atoms with E-state index >= 15 is 0 Å². The molecule has 182 valence electrons. The van der Waals surface area contributed by atoms with Crippen molar-refractivity contribution in [2.45, 2.75) is 83.8 Å². The van der Waals surface area contributed by atoms with E-state index in [0.29, 0.717) is 5.82 Å². The van der Waals surface area contributed by atoms with Crippen LogP contribution >= 0.6 is 11.6 Å². The zero-order chi connectivity index (χ0) is 24.9. The maximum Gasteiger partial charge on any atom is 0.415 e. The Hall–Kier alpha value is -2.17. The van der Waals surface area contributed by atoms with Gasteiger partial charge in [0.25, 0.3) is 5.91 Å². The number of nitrogens with zero attached hydrogens (tertiary/aromatic N) is 4. The summed E-state index contributed by atoms with van der Waals surface area (Å²) in [7, 11) is -0.361. The van der Waals surface area contributed by atoms with Crippen molar-refractivity contribution in [3.63, 3.8) is 0 Å². The molecule has 2 aromatic heterocycles. The van der Waals surface area contributed by atoms with E-state index in [-0.39, 0.29) is 39.5 Å². The molecule has 0 aliphatic heterocycles. The van der Waals surface area contributed by atoms with Crippen molar-refractivity contribution in [2.75, 3.05) is 11.9 Å². The Kier molecular flexibility index (Phi) is 6.60. The summed E-state index contributed by atoms with van der Waals surface area (Å²) in [6.45, 7) is 16.3. The molecule has 1 aliphatic rings. The number of hydrogen-bond acceptors (Lipinski definition) is 6. The fraction of sp³-hybridized carbons (Fsp3) is 0.636. The molecule has 9 nitrogen and oxygen atoms in total. The molecule has 1 aliphatic carbocycles. The minimum absolute atomic E-state index is 0.0158. The van der Waals surface area contributed by atoms with Crippen LogP contribution in [0.4, 0.5) is 10.6 Å². The van der Waals surface area contributed by atoms with Crippen molar-refractivity contribution < 1.29 is 18.8 Å². The van der Waals surface area contributed by atoms with Crippen LogP contribution in [0.25, 0.3) is 5.65 Å². The molecule has 0 spiro atoms. The maximum atomic E-state index is 13.0. The van der Waals surface area contributed by atoms with Gasteiger partial charge in [-0.25, -0.2) is 9.78 Å². The molecular formula is C22H34ClN5O4Si. The Morgan fingerprint density at radius 2 is 1.88 bits per heavy atom. The van der Waals surface area contributed by atoms with Gasteiger partial charge < -0.3 is 14.5 Å². The molecule has 1 fully saturated rings. The van der Waals surface area contributed by atoms with Crippen LogP contribution in [-0.4, -0.2) is 59.7 Å². The van der Waals surface area contributed by atoms with E-state index < -0.39 is 20.0 Å². The van der Waals surface area contributed by atoms with E-state index in [1.165, 1.54) is 21.7 Å². The molecule has 11 heteroatoms. The fourth-order valence-electron chi connectivity index (χ4n) is 3.00. The zero-order valence-electron chi connectivity index (χ0n) is 20.8. The number of rotatable bonds is 5. The second-order valence-corrected chi connectivity index (χ2v) is 16.1. The maximum absolute atomic E-state index is 13.0. The first kappa shape index (κ1) is 25.4. The van der Waals surface area contributed by atoms with Gasteiger partial charge in [-0.3, -0.25) is 9.69 Å². The number of carbonyl (C=O) groups is 2. The number of carbonyl (C=O) groups excluding carboxylic acids is 2. The van der Waals surface area contributed by atoms with Crippen molar-refractivity contribution in [3.05, 3.63) is 23.0 Å². The van der Waals surface area contributed by atoms with E-state index in [2.05, 4.69) is 49.3 Å². The van der Waals surface area contributed by atoms with E-state index in [9.17, 15) is 9.59 Å². The van der Waals surface area contributed by atoms with Crippen LogP contribution in [0, 0.1) is 0 Å². The lowest BCUT2D eigenvalue weighted by atomic mass is 10.2. The molecule has 0 bridgehead atoms.